The second-order valence-corrected chi connectivity index (χ2v) is 19.1. The van der Waals surface area contributed by atoms with E-state index in [1.54, 1.807) is 36.4 Å². The first-order valence-electron chi connectivity index (χ1n) is 26.6. The number of carbonyl (C=O) groups is 2. The molecule has 0 fully saturated rings. The van der Waals surface area contributed by atoms with Crippen molar-refractivity contribution in [3.8, 4) is 23.7 Å². The fraction of sp³-hybridized carbons (Fsp3) is 0.695. The van der Waals surface area contributed by atoms with E-state index in [2.05, 4.69) is 37.5 Å². The number of aromatic carboxylic acids is 2. The van der Waals surface area contributed by atoms with Crippen molar-refractivity contribution in [3.05, 3.63) is 69.8 Å². The molecule has 0 aliphatic heterocycles. The summed E-state index contributed by atoms with van der Waals surface area (Å²) < 4.78 is 11.6. The predicted molar refractivity (Wildman–Crippen MR) is 273 cm³/mol. The molecular formula is C59H92O6. The van der Waals surface area contributed by atoms with Gasteiger partial charge in [-0.05, 0) is 60.4 Å². The zero-order valence-corrected chi connectivity index (χ0v) is 41.9. The molecule has 2 rings (SSSR count). The molecule has 2 N–H and O–H groups in total. The molecule has 2 aromatic rings. The Morgan fingerprint density at radius 2 is 0.692 bits per heavy atom. The number of rotatable bonds is 40. The summed E-state index contributed by atoms with van der Waals surface area (Å²) in [5.41, 5.74) is 1.51. The van der Waals surface area contributed by atoms with Gasteiger partial charge in [-0.1, -0.05) is 244 Å². The van der Waals surface area contributed by atoms with E-state index in [1.165, 1.54) is 193 Å². The molecule has 0 heterocycles. The molecule has 0 atom stereocenters. The molecule has 2 aromatic carbocycles. The first-order chi connectivity index (χ1) is 31.7. The zero-order valence-electron chi connectivity index (χ0n) is 41.9. The first-order valence-corrected chi connectivity index (χ1v) is 26.6. The van der Waals surface area contributed by atoms with Gasteiger partial charge < -0.3 is 19.7 Å². The summed E-state index contributed by atoms with van der Waals surface area (Å²) in [6, 6.07) is 10.0. The van der Waals surface area contributed by atoms with Gasteiger partial charge >= 0.3 is 11.9 Å². The average Bonchev–Trinajstić information content (AvgIpc) is 3.30. The minimum absolute atomic E-state index is 0.107. The Kier molecular flexibility index (Phi) is 34.1. The third kappa shape index (κ3) is 27.6. The number of carboxylic acid groups (broad SMARTS) is 2. The minimum Gasteiger partial charge on any atom is -0.478 e. The second kappa shape index (κ2) is 38.5. The van der Waals surface area contributed by atoms with Crippen molar-refractivity contribution in [1.82, 2.24) is 0 Å². The second-order valence-electron chi connectivity index (χ2n) is 19.1. The van der Waals surface area contributed by atoms with Crippen molar-refractivity contribution < 1.29 is 29.3 Å². The maximum Gasteiger partial charge on any atom is 0.335 e. The maximum absolute atomic E-state index is 12.4. The molecule has 364 valence electrons. The minimum atomic E-state index is -1.08. The smallest absolute Gasteiger partial charge is 0.335 e. The van der Waals surface area contributed by atoms with Crippen molar-refractivity contribution >= 4 is 11.9 Å². The van der Waals surface area contributed by atoms with Gasteiger partial charge in [0.15, 0.2) is 0 Å². The molecule has 6 nitrogen and oxygen atoms in total. The van der Waals surface area contributed by atoms with Gasteiger partial charge in [0, 0.05) is 29.8 Å². The summed E-state index contributed by atoms with van der Waals surface area (Å²) in [4.78, 5) is 24.9. The standard InChI is InChI=1S/C59H92O6/c1-5-7-9-11-13-15-17-19-21-23-25-27-29-31-33-35-45-64-47-37-39-51-41-43-53(57(60)61)55(49-51)59(3,4)56-50-52(42-44-54(56)58(62)63)40-38-48-65-46-36-34-32-30-28-26-24-22-20-18-16-14-12-10-8-6-2/h41-44,49-50H,5-36,45-48H2,1-4H3,(H,60,61)(H,62,63). The third-order valence-electron chi connectivity index (χ3n) is 12.9. The van der Waals surface area contributed by atoms with Gasteiger partial charge in [-0.3, -0.25) is 0 Å². The topological polar surface area (TPSA) is 93.1 Å². The number of carboxylic acids is 2. The normalized spacial score (nSPS) is 11.3. The Morgan fingerprint density at radius 3 is 0.954 bits per heavy atom. The molecule has 0 radical (unpaired) electrons. The van der Waals surface area contributed by atoms with Gasteiger partial charge in [-0.25, -0.2) is 9.59 Å². The van der Waals surface area contributed by atoms with Crippen LogP contribution in [0.4, 0.5) is 0 Å². The van der Waals surface area contributed by atoms with Crippen LogP contribution in [-0.2, 0) is 14.9 Å². The summed E-state index contributed by atoms with van der Waals surface area (Å²) in [6.07, 6.45) is 42.7. The average molecular weight is 897 g/mol. The highest BCUT2D eigenvalue weighted by Gasteiger charge is 2.32. The summed E-state index contributed by atoms with van der Waals surface area (Å²) in [5, 5.41) is 20.3. The van der Waals surface area contributed by atoms with E-state index in [1.807, 2.05) is 13.8 Å². The molecule has 6 heteroatoms. The lowest BCUT2D eigenvalue weighted by Crippen LogP contribution is -2.25. The Hall–Kier alpha value is -3.58. The summed E-state index contributed by atoms with van der Waals surface area (Å²) >= 11 is 0. The van der Waals surface area contributed by atoms with Crippen LogP contribution in [0.3, 0.4) is 0 Å². The Balaban J connectivity index is 1.74. The SMILES string of the molecule is CCCCCCCCCCCCCCCCCCOCC#Cc1ccc(C(=O)O)c(C(C)(C)c2cc(C#CCOCCCCCCCCCCCCCCCCCC)ccc2C(=O)O)c1. The van der Waals surface area contributed by atoms with Gasteiger partial charge in [0.1, 0.15) is 13.2 Å². The molecule has 0 unspecified atom stereocenters. The number of ether oxygens (including phenoxy) is 2. The molecule has 0 spiro atoms. The highest BCUT2D eigenvalue weighted by Crippen LogP contribution is 2.37. The molecule has 0 saturated heterocycles. The highest BCUT2D eigenvalue weighted by molar-refractivity contribution is 5.93. The van der Waals surface area contributed by atoms with Crippen molar-refractivity contribution in [2.45, 2.75) is 239 Å². The largest absolute Gasteiger partial charge is 0.478 e. The van der Waals surface area contributed by atoms with Crippen LogP contribution in [0.1, 0.15) is 276 Å². The highest BCUT2D eigenvalue weighted by atomic mass is 16.5. The molecule has 0 aliphatic carbocycles. The Bertz CT molecular complexity index is 1550. The van der Waals surface area contributed by atoms with Crippen molar-refractivity contribution in [3.63, 3.8) is 0 Å². The van der Waals surface area contributed by atoms with Crippen LogP contribution in [0.15, 0.2) is 36.4 Å². The molecule has 0 bridgehead atoms. The van der Waals surface area contributed by atoms with E-state index in [0.717, 1.165) is 12.8 Å². The number of hydrogen-bond donors (Lipinski definition) is 2. The molecule has 0 aliphatic rings. The van der Waals surface area contributed by atoms with E-state index in [4.69, 9.17) is 9.47 Å². The number of unbranched alkanes of at least 4 members (excludes halogenated alkanes) is 30. The maximum atomic E-state index is 12.4. The van der Waals surface area contributed by atoms with Gasteiger partial charge in [0.05, 0.1) is 11.1 Å². The van der Waals surface area contributed by atoms with Crippen molar-refractivity contribution in [1.29, 1.82) is 0 Å². The van der Waals surface area contributed by atoms with Crippen LogP contribution in [0, 0.1) is 23.7 Å². The van der Waals surface area contributed by atoms with Gasteiger partial charge in [-0.15, -0.1) is 0 Å². The predicted octanol–water partition coefficient (Wildman–Crippen LogP) is 16.7. The van der Waals surface area contributed by atoms with Gasteiger partial charge in [0.2, 0.25) is 0 Å². The van der Waals surface area contributed by atoms with E-state index >= 15 is 0 Å². The monoisotopic (exact) mass is 897 g/mol. The van der Waals surface area contributed by atoms with E-state index in [-0.39, 0.29) is 11.1 Å². The van der Waals surface area contributed by atoms with E-state index < -0.39 is 17.4 Å². The lowest BCUT2D eigenvalue weighted by Gasteiger charge is -2.29. The quantitative estimate of drug-likeness (QED) is 0.0511. The lowest BCUT2D eigenvalue weighted by molar-refractivity contribution is 0.0686. The fourth-order valence-electron chi connectivity index (χ4n) is 8.82. The summed E-state index contributed by atoms with van der Waals surface area (Å²) in [7, 11) is 0. The Labute approximate surface area is 398 Å². The fourth-order valence-corrected chi connectivity index (χ4v) is 8.82. The van der Waals surface area contributed by atoms with Crippen LogP contribution >= 0.6 is 0 Å². The Morgan fingerprint density at radius 1 is 0.431 bits per heavy atom. The zero-order chi connectivity index (χ0) is 47.1. The van der Waals surface area contributed by atoms with Crippen LogP contribution in [0.25, 0.3) is 0 Å². The van der Waals surface area contributed by atoms with E-state index in [0.29, 0.717) is 48.7 Å². The van der Waals surface area contributed by atoms with Crippen molar-refractivity contribution in [2.24, 2.45) is 0 Å². The van der Waals surface area contributed by atoms with Crippen LogP contribution in [0.2, 0.25) is 0 Å². The number of benzene rings is 2. The van der Waals surface area contributed by atoms with Crippen molar-refractivity contribution in [2.75, 3.05) is 26.4 Å². The molecular weight excluding hydrogens is 805 g/mol. The number of hydrogen-bond acceptors (Lipinski definition) is 4. The third-order valence-corrected chi connectivity index (χ3v) is 12.9. The summed E-state index contributed by atoms with van der Waals surface area (Å²) in [6.45, 7) is 10.2. The molecule has 0 aromatic heterocycles. The molecule has 0 saturated carbocycles. The van der Waals surface area contributed by atoms with Crippen LogP contribution in [-0.4, -0.2) is 48.6 Å². The lowest BCUT2D eigenvalue weighted by atomic mass is 9.73. The van der Waals surface area contributed by atoms with E-state index in [9.17, 15) is 19.8 Å². The van der Waals surface area contributed by atoms with Gasteiger partial charge in [-0.2, -0.15) is 0 Å². The first kappa shape index (κ1) is 57.5. The molecule has 65 heavy (non-hydrogen) atoms. The summed E-state index contributed by atoms with van der Waals surface area (Å²) in [5.74, 6) is 10.3. The van der Waals surface area contributed by atoms with Gasteiger partial charge in [0.25, 0.3) is 0 Å². The van der Waals surface area contributed by atoms with Crippen LogP contribution < -0.4 is 0 Å². The van der Waals surface area contributed by atoms with Crippen LogP contribution in [0.5, 0.6) is 0 Å². The molecule has 0 amide bonds.